The summed E-state index contributed by atoms with van der Waals surface area (Å²) in [5.74, 6) is -2.04. The van der Waals surface area contributed by atoms with Crippen molar-refractivity contribution in [3.63, 3.8) is 0 Å². The van der Waals surface area contributed by atoms with Crippen molar-refractivity contribution in [2.45, 2.75) is 18.8 Å². The van der Waals surface area contributed by atoms with Gasteiger partial charge in [-0.15, -0.1) is 0 Å². The Labute approximate surface area is 177 Å². The molecule has 1 aromatic heterocycles. The molecular weight excluding hydrogens is 442 g/mol. The van der Waals surface area contributed by atoms with Gasteiger partial charge in [-0.2, -0.15) is 9.78 Å². The van der Waals surface area contributed by atoms with Gasteiger partial charge in [0.15, 0.2) is 6.10 Å². The van der Waals surface area contributed by atoms with E-state index in [1.165, 1.54) is 41.7 Å². The van der Waals surface area contributed by atoms with E-state index in [0.717, 1.165) is 22.9 Å². The molecule has 0 saturated carbocycles. The second-order valence-corrected chi connectivity index (χ2v) is 6.78. The van der Waals surface area contributed by atoms with E-state index in [0.29, 0.717) is 10.6 Å². The predicted octanol–water partition coefficient (Wildman–Crippen LogP) is 3.34. The molecule has 2 aromatic carbocycles. The molecule has 1 amide bonds. The average Bonchev–Trinajstić information content (AvgIpc) is 2.73. The Morgan fingerprint density at radius 3 is 2.39 bits per heavy atom. The lowest BCUT2D eigenvalue weighted by molar-refractivity contribution is -0.0551. The minimum Gasteiger partial charge on any atom is -0.382 e. The molecule has 0 bridgehead atoms. The van der Waals surface area contributed by atoms with Crippen LogP contribution in [0.25, 0.3) is 16.9 Å². The lowest BCUT2D eigenvalue weighted by Crippen LogP contribution is -2.45. The molecule has 0 aliphatic rings. The summed E-state index contributed by atoms with van der Waals surface area (Å²) in [6, 6.07) is 11.9. The van der Waals surface area contributed by atoms with Crippen LogP contribution < -0.4 is 10.9 Å². The fourth-order valence-corrected chi connectivity index (χ4v) is 2.74. The Bertz CT molecular complexity index is 1160. The minimum absolute atomic E-state index is 0.0284. The zero-order valence-corrected chi connectivity index (χ0v) is 16.2. The number of halogens is 5. The highest BCUT2D eigenvalue weighted by molar-refractivity contribution is 6.30. The number of hydrogen-bond acceptors (Lipinski definition) is 4. The minimum atomic E-state index is -3.46. The van der Waals surface area contributed by atoms with E-state index in [1.54, 1.807) is 0 Å². The van der Waals surface area contributed by atoms with E-state index < -0.39 is 41.7 Å². The van der Waals surface area contributed by atoms with E-state index in [1.807, 2.05) is 0 Å². The monoisotopic (exact) mass is 455 g/mol. The number of nitrogens with one attached hydrogen (secondary N) is 1. The molecule has 0 fully saturated rings. The van der Waals surface area contributed by atoms with Crippen LogP contribution in [0.15, 0.2) is 59.4 Å². The third-order valence-electron chi connectivity index (χ3n) is 4.18. The second kappa shape index (κ2) is 9.27. The van der Waals surface area contributed by atoms with E-state index in [2.05, 4.69) is 5.10 Å². The van der Waals surface area contributed by atoms with Gasteiger partial charge in [0.25, 0.3) is 17.9 Å². The lowest BCUT2D eigenvalue weighted by Gasteiger charge is -2.17. The average molecular weight is 456 g/mol. The Kier molecular flexibility index (Phi) is 6.71. The van der Waals surface area contributed by atoms with E-state index in [-0.39, 0.29) is 11.4 Å². The van der Waals surface area contributed by atoms with Crippen molar-refractivity contribution in [2.24, 2.45) is 0 Å². The second-order valence-electron chi connectivity index (χ2n) is 6.35. The number of rotatable bonds is 6. The van der Waals surface area contributed by atoms with Crippen molar-refractivity contribution in [2.75, 3.05) is 0 Å². The van der Waals surface area contributed by atoms with Crippen molar-refractivity contribution >= 4 is 17.5 Å². The maximum atomic E-state index is 13.8. The van der Waals surface area contributed by atoms with Crippen molar-refractivity contribution in [1.82, 2.24) is 15.1 Å². The molecule has 1 heterocycles. The third kappa shape index (κ3) is 5.09. The lowest BCUT2D eigenvalue weighted by atomic mass is 10.1. The SMILES string of the molecule is O=C(NC(F)C(O)C(F)F)c1cc(-c2ccc(Cl)cc2)nn(-c2cccc(F)c2)c1=O. The molecule has 31 heavy (non-hydrogen) atoms. The molecular formula is C20H14ClF4N3O3. The van der Waals surface area contributed by atoms with Gasteiger partial charge in [-0.1, -0.05) is 29.8 Å². The van der Waals surface area contributed by atoms with Crippen molar-refractivity contribution in [3.05, 3.63) is 81.4 Å². The van der Waals surface area contributed by atoms with Gasteiger partial charge in [-0.3, -0.25) is 9.59 Å². The zero-order valence-electron chi connectivity index (χ0n) is 15.5. The number of aromatic nitrogens is 2. The first-order valence-electron chi connectivity index (χ1n) is 8.75. The summed E-state index contributed by atoms with van der Waals surface area (Å²) < 4.78 is 53.2. The summed E-state index contributed by atoms with van der Waals surface area (Å²) in [7, 11) is 0. The summed E-state index contributed by atoms with van der Waals surface area (Å²) >= 11 is 5.86. The van der Waals surface area contributed by atoms with Crippen molar-refractivity contribution in [3.8, 4) is 16.9 Å². The maximum absolute atomic E-state index is 13.8. The third-order valence-corrected chi connectivity index (χ3v) is 4.43. The Morgan fingerprint density at radius 1 is 1.10 bits per heavy atom. The molecule has 2 N–H and O–H groups in total. The first-order valence-corrected chi connectivity index (χ1v) is 9.12. The molecule has 3 aromatic rings. The van der Waals surface area contributed by atoms with Gasteiger partial charge >= 0.3 is 0 Å². The largest absolute Gasteiger partial charge is 0.382 e. The standard InChI is InChI=1S/C20H14ClF4N3O3/c21-11-6-4-10(5-7-11)15-9-14(19(30)26-18(25)16(29)17(23)24)20(31)28(27-15)13-3-1-2-12(22)8-13/h1-9,16-18,29H,(H,26,30). The summed E-state index contributed by atoms with van der Waals surface area (Å²) in [5, 5.41) is 15.1. The van der Waals surface area contributed by atoms with Crippen LogP contribution in [0.1, 0.15) is 10.4 Å². The number of aliphatic hydroxyl groups excluding tert-OH is 1. The van der Waals surface area contributed by atoms with Gasteiger partial charge < -0.3 is 10.4 Å². The fourth-order valence-electron chi connectivity index (χ4n) is 2.62. The first kappa shape index (κ1) is 22.4. The van der Waals surface area contributed by atoms with Crippen LogP contribution in [-0.2, 0) is 0 Å². The molecule has 0 radical (unpaired) electrons. The first-order chi connectivity index (χ1) is 14.7. The number of alkyl halides is 3. The van der Waals surface area contributed by atoms with Gasteiger partial charge in [-0.25, -0.2) is 17.6 Å². The molecule has 3 rings (SSSR count). The van der Waals surface area contributed by atoms with Crippen LogP contribution in [0.5, 0.6) is 0 Å². The van der Waals surface area contributed by atoms with Crippen molar-refractivity contribution in [1.29, 1.82) is 0 Å². The number of carbonyl (C=O) groups excluding carboxylic acids is 1. The summed E-state index contributed by atoms with van der Waals surface area (Å²) in [4.78, 5) is 25.3. The van der Waals surface area contributed by atoms with Crippen LogP contribution in [0.3, 0.4) is 0 Å². The molecule has 0 aliphatic heterocycles. The Morgan fingerprint density at radius 2 is 1.77 bits per heavy atom. The highest BCUT2D eigenvalue weighted by Gasteiger charge is 2.30. The smallest absolute Gasteiger partial charge is 0.284 e. The zero-order chi connectivity index (χ0) is 22.7. The number of carbonyl (C=O) groups is 1. The highest BCUT2D eigenvalue weighted by atomic mass is 35.5. The number of amides is 1. The number of nitrogens with zero attached hydrogens (tertiary/aromatic N) is 2. The molecule has 0 spiro atoms. The molecule has 6 nitrogen and oxygen atoms in total. The molecule has 2 atom stereocenters. The van der Waals surface area contributed by atoms with Gasteiger partial charge in [0.1, 0.15) is 11.4 Å². The van der Waals surface area contributed by atoms with E-state index in [4.69, 9.17) is 16.7 Å². The van der Waals surface area contributed by atoms with Crippen LogP contribution in [0, 0.1) is 5.82 Å². The van der Waals surface area contributed by atoms with Gasteiger partial charge in [-0.05, 0) is 36.4 Å². The van der Waals surface area contributed by atoms with E-state index in [9.17, 15) is 27.2 Å². The van der Waals surface area contributed by atoms with Crippen molar-refractivity contribution < 1.29 is 27.5 Å². The maximum Gasteiger partial charge on any atom is 0.284 e. The summed E-state index contributed by atoms with van der Waals surface area (Å²) in [5.41, 5.74) is -1.27. The predicted molar refractivity (Wildman–Crippen MR) is 105 cm³/mol. The molecule has 2 unspecified atom stereocenters. The molecule has 162 valence electrons. The fraction of sp³-hybridized carbons (Fsp3) is 0.150. The van der Waals surface area contributed by atoms with Crippen LogP contribution in [0.2, 0.25) is 5.02 Å². The quantitative estimate of drug-likeness (QED) is 0.441. The van der Waals surface area contributed by atoms with Crippen LogP contribution in [-0.4, -0.2) is 39.6 Å². The van der Waals surface area contributed by atoms with Crippen LogP contribution in [0.4, 0.5) is 17.6 Å². The Hall–Kier alpha value is -3.24. The van der Waals surface area contributed by atoms with Gasteiger partial charge in [0.05, 0.1) is 11.4 Å². The summed E-state index contributed by atoms with van der Waals surface area (Å²) in [6.45, 7) is 0. The Balaban J connectivity index is 2.12. The topological polar surface area (TPSA) is 84.2 Å². The van der Waals surface area contributed by atoms with Gasteiger partial charge in [0, 0.05) is 10.6 Å². The van der Waals surface area contributed by atoms with Gasteiger partial charge in [0.2, 0.25) is 6.30 Å². The number of aliphatic hydroxyl groups is 1. The molecule has 0 saturated heterocycles. The van der Waals surface area contributed by atoms with E-state index >= 15 is 0 Å². The molecule has 11 heteroatoms. The van der Waals surface area contributed by atoms with Crippen LogP contribution >= 0.6 is 11.6 Å². The number of hydrogen-bond donors (Lipinski definition) is 2. The number of benzene rings is 2. The molecule has 0 aliphatic carbocycles. The normalized spacial score (nSPS) is 13.1. The highest BCUT2D eigenvalue weighted by Crippen LogP contribution is 2.21. The summed E-state index contributed by atoms with van der Waals surface area (Å²) in [6.07, 6.45) is -9.07.